The molecule has 0 saturated carbocycles. The Morgan fingerprint density at radius 3 is 2.46 bits per heavy atom. The Balaban J connectivity index is 1.60. The molecular weight excluding hydrogens is 419 g/mol. The van der Waals surface area contributed by atoms with Crippen molar-refractivity contribution >= 4 is 39.5 Å². The molecule has 28 heavy (non-hydrogen) atoms. The smallest absolute Gasteiger partial charge is 0.235 e. The highest BCUT2D eigenvalue weighted by Gasteiger charge is 2.20. The molecule has 0 unspecified atom stereocenters. The number of aromatic nitrogens is 4. The van der Waals surface area contributed by atoms with E-state index >= 15 is 0 Å². The molecule has 0 aliphatic carbocycles. The summed E-state index contributed by atoms with van der Waals surface area (Å²) in [6.45, 7) is 3.78. The van der Waals surface area contributed by atoms with E-state index in [0.717, 1.165) is 33.2 Å². The van der Waals surface area contributed by atoms with E-state index in [1.807, 2.05) is 38.1 Å². The number of hydrogen-bond donors (Lipinski definition) is 0. The number of furan rings is 2. The maximum atomic E-state index is 6.12. The summed E-state index contributed by atoms with van der Waals surface area (Å²) in [4.78, 5) is 0.693. The number of benzene rings is 1. The molecule has 0 bridgehead atoms. The lowest BCUT2D eigenvalue weighted by Crippen LogP contribution is -1.91. The Morgan fingerprint density at radius 1 is 0.964 bits per heavy atom. The van der Waals surface area contributed by atoms with Crippen molar-refractivity contribution in [1.29, 1.82) is 0 Å². The molecule has 0 radical (unpaired) electrons. The fourth-order valence-electron chi connectivity index (χ4n) is 3.04. The second-order valence-corrected chi connectivity index (χ2v) is 8.08. The van der Waals surface area contributed by atoms with Crippen LogP contribution < -0.4 is 0 Å². The van der Waals surface area contributed by atoms with Gasteiger partial charge in [-0.3, -0.25) is 0 Å². The summed E-state index contributed by atoms with van der Waals surface area (Å²) < 4.78 is 13.0. The average Bonchev–Trinajstić information content (AvgIpc) is 3.37. The highest BCUT2D eigenvalue weighted by Crippen LogP contribution is 2.37. The molecule has 0 spiro atoms. The van der Waals surface area contributed by atoms with Gasteiger partial charge in [-0.1, -0.05) is 34.5 Å². The van der Waals surface area contributed by atoms with Gasteiger partial charge < -0.3 is 8.83 Å². The molecule has 1 aromatic carbocycles. The molecule has 0 aliphatic rings. The zero-order valence-electron chi connectivity index (χ0n) is 14.7. The van der Waals surface area contributed by atoms with Gasteiger partial charge in [0.1, 0.15) is 17.3 Å². The summed E-state index contributed by atoms with van der Waals surface area (Å²) in [5.74, 6) is 2.83. The van der Waals surface area contributed by atoms with E-state index in [0.29, 0.717) is 26.6 Å². The average molecular weight is 431 g/mol. The summed E-state index contributed by atoms with van der Waals surface area (Å²) in [7, 11) is 0. The van der Waals surface area contributed by atoms with Gasteiger partial charge in [0.05, 0.1) is 17.4 Å². The molecule has 5 rings (SSSR count). The van der Waals surface area contributed by atoms with Crippen molar-refractivity contribution in [2.45, 2.75) is 13.8 Å². The Kier molecular flexibility index (Phi) is 4.04. The lowest BCUT2D eigenvalue weighted by molar-refractivity contribution is 0.535. The van der Waals surface area contributed by atoms with E-state index in [-0.39, 0.29) is 0 Å². The summed E-state index contributed by atoms with van der Waals surface area (Å²) in [5.41, 5.74) is 2.56. The summed E-state index contributed by atoms with van der Waals surface area (Å²) >= 11 is 13.7. The van der Waals surface area contributed by atoms with E-state index in [1.165, 1.54) is 11.3 Å². The predicted molar refractivity (Wildman–Crippen MR) is 109 cm³/mol. The summed E-state index contributed by atoms with van der Waals surface area (Å²) in [6.07, 6.45) is 1.63. The highest BCUT2D eigenvalue weighted by atomic mass is 35.5. The summed E-state index contributed by atoms with van der Waals surface area (Å²) in [5, 5.41) is 15.1. The van der Waals surface area contributed by atoms with Crippen molar-refractivity contribution in [3.63, 3.8) is 0 Å². The summed E-state index contributed by atoms with van der Waals surface area (Å²) in [6, 6.07) is 9.11. The Labute approximate surface area is 173 Å². The minimum Gasteiger partial charge on any atom is -0.469 e. The topological polar surface area (TPSA) is 69.4 Å². The Hall–Kier alpha value is -2.61. The first-order chi connectivity index (χ1) is 13.5. The van der Waals surface area contributed by atoms with Crippen LogP contribution >= 0.6 is 34.5 Å². The lowest BCUT2D eigenvalue weighted by Gasteiger charge is -1.99. The number of hydrogen-bond acceptors (Lipinski definition) is 6. The van der Waals surface area contributed by atoms with Crippen molar-refractivity contribution in [2.75, 3.05) is 0 Å². The SMILES string of the molecule is Cc1oc(-c2cc(Cl)cc(Cl)c2)cc1-c1nn2c(-c3ccoc3C)nnc2s1. The van der Waals surface area contributed by atoms with Crippen LogP contribution in [0.15, 0.2) is 45.4 Å². The first-order valence-corrected chi connectivity index (χ1v) is 9.91. The van der Waals surface area contributed by atoms with Gasteiger partial charge in [-0.05, 0) is 44.2 Å². The van der Waals surface area contributed by atoms with Crippen LogP contribution in [-0.4, -0.2) is 19.8 Å². The molecule has 0 fully saturated rings. The molecule has 4 aromatic heterocycles. The van der Waals surface area contributed by atoms with E-state index < -0.39 is 0 Å². The third-order valence-electron chi connectivity index (χ3n) is 4.39. The van der Waals surface area contributed by atoms with Crippen molar-refractivity contribution in [3.8, 4) is 33.3 Å². The molecule has 0 N–H and O–H groups in total. The third kappa shape index (κ3) is 2.83. The van der Waals surface area contributed by atoms with Crippen LogP contribution in [0.3, 0.4) is 0 Å². The van der Waals surface area contributed by atoms with Gasteiger partial charge in [0.2, 0.25) is 4.96 Å². The van der Waals surface area contributed by atoms with E-state index in [4.69, 9.17) is 37.1 Å². The van der Waals surface area contributed by atoms with E-state index in [2.05, 4.69) is 10.2 Å². The van der Waals surface area contributed by atoms with Crippen LogP contribution in [0.1, 0.15) is 11.5 Å². The predicted octanol–water partition coefficient (Wildman–Crippen LogP) is 6.30. The number of fused-ring (bicyclic) bond motifs is 1. The van der Waals surface area contributed by atoms with Crippen LogP contribution in [0.2, 0.25) is 10.0 Å². The minimum absolute atomic E-state index is 0.553. The molecule has 5 aromatic rings. The molecule has 0 atom stereocenters. The number of aryl methyl sites for hydroxylation is 2. The van der Waals surface area contributed by atoms with Crippen molar-refractivity contribution < 1.29 is 8.83 Å². The molecule has 4 heterocycles. The zero-order chi connectivity index (χ0) is 19.4. The first kappa shape index (κ1) is 17.5. The van der Waals surface area contributed by atoms with Gasteiger partial charge in [0.25, 0.3) is 0 Å². The van der Waals surface area contributed by atoms with Gasteiger partial charge in [-0.15, -0.1) is 10.2 Å². The van der Waals surface area contributed by atoms with Gasteiger partial charge in [-0.25, -0.2) is 0 Å². The monoisotopic (exact) mass is 430 g/mol. The first-order valence-electron chi connectivity index (χ1n) is 8.33. The van der Waals surface area contributed by atoms with Crippen molar-refractivity contribution in [2.24, 2.45) is 0 Å². The normalized spacial score (nSPS) is 11.6. The largest absolute Gasteiger partial charge is 0.469 e. The third-order valence-corrected chi connectivity index (χ3v) is 5.75. The van der Waals surface area contributed by atoms with Crippen LogP contribution in [0.4, 0.5) is 0 Å². The number of rotatable bonds is 3. The van der Waals surface area contributed by atoms with Crippen LogP contribution in [0.25, 0.3) is 38.2 Å². The maximum absolute atomic E-state index is 6.12. The number of halogens is 2. The quantitative estimate of drug-likeness (QED) is 0.336. The van der Waals surface area contributed by atoms with Crippen molar-refractivity contribution in [3.05, 3.63) is 58.2 Å². The van der Waals surface area contributed by atoms with Gasteiger partial charge in [0, 0.05) is 15.6 Å². The van der Waals surface area contributed by atoms with Crippen LogP contribution in [0, 0.1) is 13.8 Å². The van der Waals surface area contributed by atoms with E-state index in [9.17, 15) is 0 Å². The van der Waals surface area contributed by atoms with Crippen LogP contribution in [-0.2, 0) is 0 Å². The molecule has 0 saturated heterocycles. The lowest BCUT2D eigenvalue weighted by atomic mass is 10.1. The molecule has 6 nitrogen and oxygen atoms in total. The Bertz CT molecular complexity index is 1310. The Morgan fingerprint density at radius 2 is 1.75 bits per heavy atom. The second kappa shape index (κ2) is 6.48. The molecule has 9 heteroatoms. The van der Waals surface area contributed by atoms with Gasteiger partial charge in [0.15, 0.2) is 10.8 Å². The molecule has 0 amide bonds. The van der Waals surface area contributed by atoms with Crippen LogP contribution in [0.5, 0.6) is 0 Å². The van der Waals surface area contributed by atoms with E-state index in [1.54, 1.807) is 16.8 Å². The van der Waals surface area contributed by atoms with Crippen molar-refractivity contribution in [1.82, 2.24) is 19.8 Å². The number of nitrogens with zero attached hydrogens (tertiary/aromatic N) is 4. The molecule has 0 aliphatic heterocycles. The second-order valence-electron chi connectivity index (χ2n) is 6.25. The highest BCUT2D eigenvalue weighted by molar-refractivity contribution is 7.19. The maximum Gasteiger partial charge on any atom is 0.235 e. The minimum atomic E-state index is 0.553. The molecule has 140 valence electrons. The zero-order valence-corrected chi connectivity index (χ0v) is 17.1. The fourth-order valence-corrected chi connectivity index (χ4v) is 4.47. The molecular formula is C19H12Cl2N4O2S. The van der Waals surface area contributed by atoms with Gasteiger partial charge >= 0.3 is 0 Å². The fraction of sp³-hybridized carbons (Fsp3) is 0.105. The standard InChI is InChI=1S/C19H12Cl2N4O2S/c1-9-14(3-4-26-9)17-22-23-19-25(17)24-18(28-19)15-8-16(27-10(15)2)11-5-12(20)7-13(21)6-11/h3-8H,1-2H3. The van der Waals surface area contributed by atoms with Gasteiger partial charge in [-0.2, -0.15) is 9.61 Å².